The Morgan fingerprint density at radius 2 is 1.53 bits per heavy atom. The monoisotopic (exact) mass is 445 g/mol. The molecule has 1 atom stereocenters. The molecule has 3 aromatic carbocycles. The van der Waals surface area contributed by atoms with Gasteiger partial charge in [-0.3, -0.25) is 4.79 Å². The van der Waals surface area contributed by atoms with Crippen molar-refractivity contribution in [3.8, 4) is 0 Å². The van der Waals surface area contributed by atoms with E-state index in [1.165, 1.54) is 30.3 Å². The number of hydrogen-bond donors (Lipinski definition) is 3. The number of aliphatic hydroxyl groups excluding tert-OH is 2. The largest absolute Gasteiger partial charge is 0.509 e. The summed E-state index contributed by atoms with van der Waals surface area (Å²) in [5, 5.41) is 25.0. The molecule has 0 radical (unpaired) electrons. The SMILES string of the molecule is CC1(C2=C(O)c3cc(S(=O)(=O)c4ccccc4)ccc3C2=O)Nc2ccccc2C=C1O. The van der Waals surface area contributed by atoms with Crippen LogP contribution in [0.4, 0.5) is 5.69 Å². The van der Waals surface area contributed by atoms with E-state index in [0.29, 0.717) is 5.69 Å². The van der Waals surface area contributed by atoms with Crippen LogP contribution in [0.1, 0.15) is 28.4 Å². The van der Waals surface area contributed by atoms with E-state index in [9.17, 15) is 23.4 Å². The molecule has 3 aromatic rings. The number of para-hydroxylation sites is 1. The Balaban J connectivity index is 1.63. The summed E-state index contributed by atoms with van der Waals surface area (Å²) >= 11 is 0. The molecule has 0 saturated heterocycles. The van der Waals surface area contributed by atoms with Crippen molar-refractivity contribution in [2.75, 3.05) is 5.32 Å². The van der Waals surface area contributed by atoms with Gasteiger partial charge in [-0.1, -0.05) is 36.4 Å². The van der Waals surface area contributed by atoms with Crippen molar-refractivity contribution in [3.05, 3.63) is 101 Å². The molecule has 6 nitrogen and oxygen atoms in total. The molecule has 7 heteroatoms. The molecule has 5 rings (SSSR count). The van der Waals surface area contributed by atoms with Crippen LogP contribution in [0, 0.1) is 0 Å². The number of ketones is 1. The molecule has 1 unspecified atom stereocenters. The maximum Gasteiger partial charge on any atom is 0.206 e. The Morgan fingerprint density at radius 3 is 2.28 bits per heavy atom. The van der Waals surface area contributed by atoms with E-state index in [-0.39, 0.29) is 38.0 Å². The fourth-order valence-electron chi connectivity index (χ4n) is 4.21. The molecule has 0 bridgehead atoms. The highest BCUT2D eigenvalue weighted by atomic mass is 32.2. The Kier molecular flexibility index (Phi) is 4.29. The summed E-state index contributed by atoms with van der Waals surface area (Å²) in [5.41, 5.74) is 0.333. The lowest BCUT2D eigenvalue weighted by atomic mass is 9.83. The van der Waals surface area contributed by atoms with Gasteiger partial charge < -0.3 is 15.5 Å². The molecule has 0 spiro atoms. The lowest BCUT2D eigenvalue weighted by Crippen LogP contribution is -2.43. The molecule has 3 N–H and O–H groups in total. The van der Waals surface area contributed by atoms with Crippen LogP contribution in [0.5, 0.6) is 0 Å². The van der Waals surface area contributed by atoms with Gasteiger partial charge in [0.1, 0.15) is 17.1 Å². The van der Waals surface area contributed by atoms with Crippen LogP contribution in [0.15, 0.2) is 93.9 Å². The Bertz CT molecular complexity index is 1450. The van der Waals surface area contributed by atoms with Gasteiger partial charge in [-0.2, -0.15) is 0 Å². The zero-order chi connectivity index (χ0) is 22.7. The van der Waals surface area contributed by atoms with Crippen LogP contribution in [0.25, 0.3) is 11.8 Å². The first kappa shape index (κ1) is 20.1. The number of anilines is 1. The number of nitrogens with one attached hydrogen (secondary N) is 1. The lowest BCUT2D eigenvalue weighted by Gasteiger charge is -2.35. The predicted molar refractivity (Wildman–Crippen MR) is 121 cm³/mol. The van der Waals surface area contributed by atoms with Crippen molar-refractivity contribution in [3.63, 3.8) is 0 Å². The molecule has 0 aromatic heterocycles. The number of rotatable bonds is 3. The molecule has 0 amide bonds. The van der Waals surface area contributed by atoms with E-state index in [0.717, 1.165) is 5.56 Å². The van der Waals surface area contributed by atoms with Gasteiger partial charge >= 0.3 is 0 Å². The van der Waals surface area contributed by atoms with E-state index in [2.05, 4.69) is 5.32 Å². The number of fused-ring (bicyclic) bond motifs is 2. The lowest BCUT2D eigenvalue weighted by molar-refractivity contribution is 0.102. The zero-order valence-electron chi connectivity index (χ0n) is 17.0. The van der Waals surface area contributed by atoms with Crippen molar-refractivity contribution < 1.29 is 23.4 Å². The molecule has 0 fully saturated rings. The highest BCUT2D eigenvalue weighted by molar-refractivity contribution is 7.91. The third kappa shape index (κ3) is 2.78. The smallest absolute Gasteiger partial charge is 0.206 e. The van der Waals surface area contributed by atoms with Crippen molar-refractivity contribution in [2.45, 2.75) is 22.3 Å². The average Bonchev–Trinajstić information content (AvgIpc) is 3.05. The maximum absolute atomic E-state index is 13.3. The average molecular weight is 445 g/mol. The Labute approximate surface area is 185 Å². The summed E-state index contributed by atoms with van der Waals surface area (Å²) in [4.78, 5) is 13.3. The van der Waals surface area contributed by atoms with Crippen LogP contribution >= 0.6 is 0 Å². The van der Waals surface area contributed by atoms with Gasteiger partial charge in [0, 0.05) is 22.4 Å². The van der Waals surface area contributed by atoms with Crippen molar-refractivity contribution in [1.29, 1.82) is 0 Å². The molecular formula is C25H19NO5S. The van der Waals surface area contributed by atoms with E-state index in [1.54, 1.807) is 31.2 Å². The van der Waals surface area contributed by atoms with E-state index in [1.807, 2.05) is 24.3 Å². The fourth-order valence-corrected chi connectivity index (χ4v) is 5.52. The fraction of sp³-hybridized carbons (Fsp3) is 0.0800. The summed E-state index contributed by atoms with van der Waals surface area (Å²) in [6, 6.07) is 19.3. The van der Waals surface area contributed by atoms with Gasteiger partial charge in [0.15, 0.2) is 5.78 Å². The molecule has 2 aliphatic rings. The van der Waals surface area contributed by atoms with Crippen LogP contribution in [-0.4, -0.2) is 30.0 Å². The summed E-state index contributed by atoms with van der Waals surface area (Å²) in [6.07, 6.45) is 1.55. The molecule has 32 heavy (non-hydrogen) atoms. The number of benzene rings is 3. The highest BCUT2D eigenvalue weighted by Crippen LogP contribution is 2.44. The minimum Gasteiger partial charge on any atom is -0.509 e. The first-order valence-electron chi connectivity index (χ1n) is 9.95. The second-order valence-corrected chi connectivity index (χ2v) is 9.89. The third-order valence-corrected chi connectivity index (χ3v) is 7.74. The van der Waals surface area contributed by atoms with E-state index >= 15 is 0 Å². The minimum atomic E-state index is -3.83. The zero-order valence-corrected chi connectivity index (χ0v) is 17.8. The highest BCUT2D eigenvalue weighted by Gasteiger charge is 2.46. The first-order valence-corrected chi connectivity index (χ1v) is 11.4. The second kappa shape index (κ2) is 6.83. The predicted octanol–water partition coefficient (Wildman–Crippen LogP) is 4.77. The van der Waals surface area contributed by atoms with Crippen molar-refractivity contribution in [1.82, 2.24) is 0 Å². The van der Waals surface area contributed by atoms with E-state index in [4.69, 9.17) is 0 Å². The summed E-state index contributed by atoms with van der Waals surface area (Å²) in [6.45, 7) is 1.60. The molecule has 0 saturated carbocycles. The van der Waals surface area contributed by atoms with E-state index < -0.39 is 21.2 Å². The van der Waals surface area contributed by atoms with Crippen LogP contribution in [-0.2, 0) is 9.84 Å². The normalized spacial score (nSPS) is 19.8. The molecule has 1 aliphatic carbocycles. The van der Waals surface area contributed by atoms with Crippen LogP contribution in [0.3, 0.4) is 0 Å². The van der Waals surface area contributed by atoms with Crippen molar-refractivity contribution >= 4 is 33.1 Å². The summed E-state index contributed by atoms with van der Waals surface area (Å²) < 4.78 is 26.0. The minimum absolute atomic E-state index is 0.0325. The van der Waals surface area contributed by atoms with Gasteiger partial charge in [0.2, 0.25) is 9.84 Å². The topological polar surface area (TPSA) is 104 Å². The number of carbonyl (C=O) groups excluding carboxylic acids is 1. The Hall–Kier alpha value is -3.84. The first-order chi connectivity index (χ1) is 15.2. The summed E-state index contributed by atoms with van der Waals surface area (Å²) in [5.74, 6) is -0.962. The van der Waals surface area contributed by atoms with Gasteiger partial charge in [-0.05, 0) is 49.4 Å². The second-order valence-electron chi connectivity index (χ2n) is 7.94. The summed E-state index contributed by atoms with van der Waals surface area (Å²) in [7, 11) is -3.83. The van der Waals surface area contributed by atoms with Gasteiger partial charge in [-0.25, -0.2) is 8.42 Å². The molecular weight excluding hydrogens is 426 g/mol. The van der Waals surface area contributed by atoms with Crippen LogP contribution in [0.2, 0.25) is 0 Å². The third-order valence-electron chi connectivity index (χ3n) is 5.97. The number of hydrogen-bond acceptors (Lipinski definition) is 6. The van der Waals surface area contributed by atoms with Crippen LogP contribution < -0.4 is 5.32 Å². The van der Waals surface area contributed by atoms with Gasteiger partial charge in [0.05, 0.1) is 15.4 Å². The van der Waals surface area contributed by atoms with Gasteiger partial charge in [-0.15, -0.1) is 0 Å². The molecule has 1 aliphatic heterocycles. The quantitative estimate of drug-likeness (QED) is 0.537. The number of aliphatic hydroxyl groups is 2. The Morgan fingerprint density at radius 1 is 0.844 bits per heavy atom. The maximum atomic E-state index is 13.3. The standard InChI is InChI=1S/C25H19NO5S/c1-25(21(27)13-15-7-5-6-10-20(15)26-25)22-23(28)18-12-11-17(14-19(18)24(22)29)32(30,31)16-8-3-2-4-9-16/h2-14,26-27,29H,1H3. The molecule has 160 valence electrons. The molecule has 1 heterocycles. The number of carbonyl (C=O) groups is 1. The number of Topliss-reactive ketones (excluding diaryl/α,β-unsaturated/α-hetero) is 1. The number of sulfone groups is 1. The van der Waals surface area contributed by atoms with Crippen molar-refractivity contribution in [2.24, 2.45) is 0 Å². The van der Waals surface area contributed by atoms with Gasteiger partial charge in [0.25, 0.3) is 0 Å².